The highest BCUT2D eigenvalue weighted by Gasteiger charge is 2.19. The second kappa shape index (κ2) is 14.2. The Morgan fingerprint density at radius 1 is 1.10 bits per heavy atom. The van der Waals surface area contributed by atoms with E-state index in [0.29, 0.717) is 25.7 Å². The van der Waals surface area contributed by atoms with Gasteiger partial charge in [0.1, 0.15) is 12.4 Å². The van der Waals surface area contributed by atoms with Crippen LogP contribution < -0.4 is 15.4 Å². The van der Waals surface area contributed by atoms with E-state index < -0.39 is 0 Å². The number of nitrogens with one attached hydrogen (secondary N) is 2. The number of ether oxygens (including phenoxy) is 3. The number of piperidine rings is 1. The van der Waals surface area contributed by atoms with Gasteiger partial charge in [0.15, 0.2) is 5.96 Å². The highest BCUT2D eigenvalue weighted by atomic mass is 16.5. The van der Waals surface area contributed by atoms with E-state index in [-0.39, 0.29) is 0 Å². The SMILES string of the molecule is CCNC(=NCc1ccc(C)cc1OCCOC)NCC1CCN(CCOC)CC1. The Morgan fingerprint density at radius 3 is 2.57 bits per heavy atom. The molecule has 7 heteroatoms. The van der Waals surface area contributed by atoms with E-state index >= 15 is 0 Å². The summed E-state index contributed by atoms with van der Waals surface area (Å²) in [5.74, 6) is 2.43. The van der Waals surface area contributed by atoms with Gasteiger partial charge in [0.05, 0.1) is 19.8 Å². The van der Waals surface area contributed by atoms with Gasteiger partial charge in [0.25, 0.3) is 0 Å². The molecule has 2 rings (SSSR count). The molecule has 0 aliphatic carbocycles. The lowest BCUT2D eigenvalue weighted by atomic mass is 9.97. The van der Waals surface area contributed by atoms with Crippen molar-refractivity contribution in [2.45, 2.75) is 33.2 Å². The number of hydrogen-bond donors (Lipinski definition) is 2. The maximum Gasteiger partial charge on any atom is 0.191 e. The highest BCUT2D eigenvalue weighted by Crippen LogP contribution is 2.21. The summed E-state index contributed by atoms with van der Waals surface area (Å²) in [6.45, 7) is 11.8. The van der Waals surface area contributed by atoms with Gasteiger partial charge >= 0.3 is 0 Å². The lowest BCUT2D eigenvalue weighted by Crippen LogP contribution is -2.43. The van der Waals surface area contributed by atoms with Crippen molar-refractivity contribution in [2.24, 2.45) is 10.9 Å². The fourth-order valence-corrected chi connectivity index (χ4v) is 3.54. The molecule has 1 aromatic carbocycles. The number of nitrogens with zero attached hydrogens (tertiary/aromatic N) is 2. The third kappa shape index (κ3) is 8.90. The molecule has 0 unspecified atom stereocenters. The molecule has 0 aromatic heterocycles. The largest absolute Gasteiger partial charge is 0.491 e. The summed E-state index contributed by atoms with van der Waals surface area (Å²) in [5, 5.41) is 6.90. The van der Waals surface area contributed by atoms with Crippen LogP contribution in [0.1, 0.15) is 30.9 Å². The van der Waals surface area contributed by atoms with Crippen molar-refractivity contribution in [2.75, 3.05) is 66.8 Å². The average Bonchev–Trinajstić information content (AvgIpc) is 2.76. The van der Waals surface area contributed by atoms with Gasteiger partial charge in [0.2, 0.25) is 0 Å². The number of aliphatic imine (C=N–C) groups is 1. The Balaban J connectivity index is 1.87. The number of likely N-dealkylation sites (tertiary alicyclic amines) is 1. The Hall–Kier alpha value is -1.83. The van der Waals surface area contributed by atoms with Crippen molar-refractivity contribution in [1.82, 2.24) is 15.5 Å². The molecule has 0 amide bonds. The van der Waals surface area contributed by atoms with Gasteiger partial charge in [-0.05, 0) is 57.3 Å². The van der Waals surface area contributed by atoms with Crippen LogP contribution in [0.4, 0.5) is 0 Å². The minimum atomic E-state index is 0.540. The van der Waals surface area contributed by atoms with Crippen molar-refractivity contribution >= 4 is 5.96 Å². The number of aryl methyl sites for hydroxylation is 1. The molecule has 0 radical (unpaired) electrons. The summed E-state index contributed by atoms with van der Waals surface area (Å²) >= 11 is 0. The van der Waals surface area contributed by atoms with Crippen molar-refractivity contribution < 1.29 is 14.2 Å². The van der Waals surface area contributed by atoms with E-state index in [4.69, 9.17) is 19.2 Å². The van der Waals surface area contributed by atoms with Crippen LogP contribution in [0.25, 0.3) is 0 Å². The van der Waals surface area contributed by atoms with Gasteiger partial charge < -0.3 is 29.7 Å². The van der Waals surface area contributed by atoms with E-state index in [1.165, 1.54) is 18.4 Å². The van der Waals surface area contributed by atoms with Gasteiger partial charge in [-0.15, -0.1) is 0 Å². The first-order chi connectivity index (χ1) is 14.7. The van der Waals surface area contributed by atoms with Crippen LogP contribution in [0.15, 0.2) is 23.2 Å². The van der Waals surface area contributed by atoms with Crippen LogP contribution in [-0.4, -0.2) is 77.6 Å². The van der Waals surface area contributed by atoms with Gasteiger partial charge in [-0.25, -0.2) is 4.99 Å². The topological polar surface area (TPSA) is 67.4 Å². The summed E-state index contributed by atoms with van der Waals surface area (Å²) in [4.78, 5) is 7.29. The smallest absolute Gasteiger partial charge is 0.191 e. The lowest BCUT2D eigenvalue weighted by molar-refractivity contribution is 0.121. The molecule has 1 saturated heterocycles. The van der Waals surface area contributed by atoms with Crippen LogP contribution >= 0.6 is 0 Å². The first kappa shape index (κ1) is 24.4. The Morgan fingerprint density at radius 2 is 1.87 bits per heavy atom. The van der Waals surface area contributed by atoms with Crippen molar-refractivity contribution in [3.8, 4) is 5.75 Å². The number of rotatable bonds is 12. The standard InChI is InChI=1S/C23H40N4O3/c1-5-24-23(25-17-20-8-10-27(11-9-20)12-13-28-3)26-18-21-7-6-19(2)16-22(21)30-15-14-29-4/h6-7,16,20H,5,8-15,17-18H2,1-4H3,(H2,24,25,26). The predicted molar refractivity (Wildman–Crippen MR) is 122 cm³/mol. The first-order valence-electron chi connectivity index (χ1n) is 11.1. The zero-order chi connectivity index (χ0) is 21.6. The molecule has 1 aliphatic heterocycles. The maximum atomic E-state index is 5.90. The van der Waals surface area contributed by atoms with Gasteiger partial charge in [-0.1, -0.05) is 12.1 Å². The van der Waals surface area contributed by atoms with Gasteiger partial charge in [-0.3, -0.25) is 0 Å². The Bertz CT molecular complexity index is 631. The van der Waals surface area contributed by atoms with Crippen LogP contribution in [0, 0.1) is 12.8 Å². The normalized spacial score (nSPS) is 15.9. The molecule has 1 aliphatic rings. The number of guanidine groups is 1. The molecule has 1 heterocycles. The molecule has 170 valence electrons. The van der Waals surface area contributed by atoms with E-state index in [1.807, 2.05) is 0 Å². The Labute approximate surface area is 182 Å². The molecule has 1 fully saturated rings. The van der Waals surface area contributed by atoms with Crippen LogP contribution in [0.3, 0.4) is 0 Å². The second-order valence-corrected chi connectivity index (χ2v) is 7.81. The fourth-order valence-electron chi connectivity index (χ4n) is 3.54. The van der Waals surface area contributed by atoms with Crippen molar-refractivity contribution in [3.05, 3.63) is 29.3 Å². The van der Waals surface area contributed by atoms with Crippen LogP contribution in [0.2, 0.25) is 0 Å². The number of hydrogen-bond acceptors (Lipinski definition) is 5. The lowest BCUT2D eigenvalue weighted by Gasteiger charge is -2.32. The van der Waals surface area contributed by atoms with Gasteiger partial charge in [0, 0.05) is 39.4 Å². The zero-order valence-corrected chi connectivity index (χ0v) is 19.2. The second-order valence-electron chi connectivity index (χ2n) is 7.81. The first-order valence-corrected chi connectivity index (χ1v) is 11.1. The van der Waals surface area contributed by atoms with Crippen molar-refractivity contribution in [1.29, 1.82) is 0 Å². The number of methoxy groups -OCH3 is 2. The summed E-state index contributed by atoms with van der Waals surface area (Å²) in [5.41, 5.74) is 2.26. The quantitative estimate of drug-likeness (QED) is 0.308. The van der Waals surface area contributed by atoms with E-state index in [0.717, 1.165) is 56.6 Å². The molecular formula is C23H40N4O3. The van der Waals surface area contributed by atoms with E-state index in [1.54, 1.807) is 14.2 Å². The minimum Gasteiger partial charge on any atom is -0.491 e. The molecule has 7 nitrogen and oxygen atoms in total. The third-order valence-electron chi connectivity index (χ3n) is 5.40. The average molecular weight is 421 g/mol. The number of benzene rings is 1. The summed E-state index contributed by atoms with van der Waals surface area (Å²) in [6.07, 6.45) is 2.43. The summed E-state index contributed by atoms with van der Waals surface area (Å²) in [6, 6.07) is 6.27. The molecule has 0 saturated carbocycles. The molecule has 0 atom stereocenters. The summed E-state index contributed by atoms with van der Waals surface area (Å²) < 4.78 is 16.2. The van der Waals surface area contributed by atoms with Crippen LogP contribution in [-0.2, 0) is 16.0 Å². The van der Waals surface area contributed by atoms with Gasteiger partial charge in [-0.2, -0.15) is 0 Å². The highest BCUT2D eigenvalue weighted by molar-refractivity contribution is 5.79. The Kier molecular flexibility index (Phi) is 11.6. The van der Waals surface area contributed by atoms with E-state index in [9.17, 15) is 0 Å². The molecule has 0 spiro atoms. The zero-order valence-electron chi connectivity index (χ0n) is 19.2. The van der Waals surface area contributed by atoms with Crippen molar-refractivity contribution in [3.63, 3.8) is 0 Å². The monoisotopic (exact) mass is 420 g/mol. The predicted octanol–water partition coefficient (Wildman–Crippen LogP) is 2.43. The maximum absolute atomic E-state index is 5.90. The molecule has 2 N–H and O–H groups in total. The molecule has 30 heavy (non-hydrogen) atoms. The van der Waals surface area contributed by atoms with Crippen LogP contribution in [0.5, 0.6) is 5.75 Å². The minimum absolute atomic E-state index is 0.540. The molecular weight excluding hydrogens is 380 g/mol. The molecule has 0 bridgehead atoms. The summed E-state index contributed by atoms with van der Waals surface area (Å²) in [7, 11) is 3.45. The van der Waals surface area contributed by atoms with E-state index in [2.05, 4.69) is 47.6 Å². The molecule has 1 aromatic rings. The fraction of sp³-hybridized carbons (Fsp3) is 0.696. The third-order valence-corrected chi connectivity index (χ3v) is 5.40.